The Balaban J connectivity index is 2.00. The molecule has 94 valence electrons. The molecular formula is C14H16N2OS. The summed E-state index contributed by atoms with van der Waals surface area (Å²) in [6.07, 6.45) is 1.85. The van der Waals surface area contributed by atoms with E-state index in [1.54, 1.807) is 18.4 Å². The molecule has 4 heteroatoms. The van der Waals surface area contributed by atoms with E-state index < -0.39 is 0 Å². The number of methoxy groups -OCH3 is 1. The van der Waals surface area contributed by atoms with Crippen LogP contribution in [0.3, 0.4) is 0 Å². The van der Waals surface area contributed by atoms with Crippen LogP contribution in [0.15, 0.2) is 18.2 Å². The summed E-state index contributed by atoms with van der Waals surface area (Å²) in [7, 11) is 1.69. The van der Waals surface area contributed by atoms with Gasteiger partial charge in [-0.05, 0) is 24.6 Å². The van der Waals surface area contributed by atoms with Crippen molar-refractivity contribution in [1.29, 1.82) is 0 Å². The lowest BCUT2D eigenvalue weighted by atomic mass is 10.1. The first-order chi connectivity index (χ1) is 8.67. The summed E-state index contributed by atoms with van der Waals surface area (Å²) in [6.45, 7) is 2.02. The maximum Gasteiger partial charge on any atom is 0.119 e. The molecule has 0 amide bonds. The van der Waals surface area contributed by atoms with Crippen LogP contribution < -0.4 is 10.5 Å². The number of hydrogen-bond donors (Lipinski definition) is 1. The molecule has 3 nitrogen and oxygen atoms in total. The van der Waals surface area contributed by atoms with Gasteiger partial charge in [0.1, 0.15) is 5.75 Å². The number of thiazole rings is 1. The third kappa shape index (κ3) is 1.91. The average Bonchev–Trinajstić information content (AvgIpc) is 2.84. The maximum absolute atomic E-state index is 5.83. The van der Waals surface area contributed by atoms with Gasteiger partial charge in [0.2, 0.25) is 0 Å². The lowest BCUT2D eigenvalue weighted by Gasteiger charge is -2.04. The molecule has 0 saturated heterocycles. The van der Waals surface area contributed by atoms with Crippen molar-refractivity contribution in [3.8, 4) is 17.0 Å². The highest BCUT2D eigenvalue weighted by molar-refractivity contribution is 7.12. The molecule has 1 aliphatic carbocycles. The number of benzene rings is 1. The molecule has 1 heterocycles. The Hall–Kier alpha value is -1.39. The zero-order valence-corrected chi connectivity index (χ0v) is 11.4. The highest BCUT2D eigenvalue weighted by Gasteiger charge is 2.23. The molecule has 0 aliphatic heterocycles. The quantitative estimate of drug-likeness (QED) is 0.787. The van der Waals surface area contributed by atoms with Crippen LogP contribution in [0.5, 0.6) is 5.75 Å². The molecule has 2 N–H and O–H groups in total. The van der Waals surface area contributed by atoms with Gasteiger partial charge in [0.05, 0.1) is 17.8 Å². The molecule has 1 aliphatic rings. The van der Waals surface area contributed by atoms with E-state index in [0.717, 1.165) is 29.3 Å². The number of nitrogens with two attached hydrogens (primary N) is 1. The highest BCUT2D eigenvalue weighted by atomic mass is 32.1. The number of rotatable bonds is 3. The molecule has 0 fully saturated rings. The van der Waals surface area contributed by atoms with Crippen LogP contribution >= 0.6 is 11.3 Å². The Morgan fingerprint density at radius 1 is 1.50 bits per heavy atom. The summed E-state index contributed by atoms with van der Waals surface area (Å²) >= 11 is 1.79. The van der Waals surface area contributed by atoms with Crippen LogP contribution in [-0.2, 0) is 12.8 Å². The Kier molecular flexibility index (Phi) is 2.84. The number of ether oxygens (including phenoxy) is 1. The molecule has 1 aromatic heterocycles. The van der Waals surface area contributed by atoms with Crippen molar-refractivity contribution in [3.05, 3.63) is 33.6 Å². The van der Waals surface area contributed by atoms with Gasteiger partial charge >= 0.3 is 0 Å². The third-order valence-electron chi connectivity index (χ3n) is 3.16. The zero-order chi connectivity index (χ0) is 12.7. The summed E-state index contributed by atoms with van der Waals surface area (Å²) in [5, 5.41) is 1.14. The van der Waals surface area contributed by atoms with Gasteiger partial charge in [0, 0.05) is 29.3 Å². The normalized spacial score (nSPS) is 14.2. The van der Waals surface area contributed by atoms with Crippen molar-refractivity contribution < 1.29 is 4.74 Å². The summed E-state index contributed by atoms with van der Waals surface area (Å²) in [4.78, 5) is 6.09. The number of hydrogen-bond acceptors (Lipinski definition) is 4. The van der Waals surface area contributed by atoms with Crippen LogP contribution in [-0.4, -0.2) is 18.1 Å². The van der Waals surface area contributed by atoms with Crippen LogP contribution in [0.2, 0.25) is 0 Å². The third-order valence-corrected chi connectivity index (χ3v) is 4.24. The standard InChI is InChI=1S/C14H16N2OS/c1-8(15)5-13-16-14-11-7-10(17-2)4-3-9(11)6-12(14)18-13/h3-4,7-8H,5-6,15H2,1-2H3. The van der Waals surface area contributed by atoms with Gasteiger partial charge in [-0.25, -0.2) is 4.98 Å². The van der Waals surface area contributed by atoms with Gasteiger partial charge in [-0.2, -0.15) is 0 Å². The second-order valence-corrected chi connectivity index (χ2v) is 5.93. The molecule has 3 rings (SSSR count). The number of nitrogens with zero attached hydrogens (tertiary/aromatic N) is 1. The monoisotopic (exact) mass is 260 g/mol. The molecule has 1 aromatic carbocycles. The molecular weight excluding hydrogens is 244 g/mol. The van der Waals surface area contributed by atoms with Crippen molar-refractivity contribution >= 4 is 11.3 Å². The van der Waals surface area contributed by atoms with Crippen LogP contribution in [0.1, 0.15) is 22.4 Å². The summed E-state index contributed by atoms with van der Waals surface area (Å²) in [5.41, 5.74) is 9.52. The van der Waals surface area contributed by atoms with Crippen LogP contribution in [0, 0.1) is 0 Å². The minimum Gasteiger partial charge on any atom is -0.497 e. The number of fused-ring (bicyclic) bond motifs is 3. The van der Waals surface area contributed by atoms with E-state index in [1.807, 2.05) is 13.0 Å². The van der Waals surface area contributed by atoms with Crippen molar-refractivity contribution in [1.82, 2.24) is 4.98 Å². The predicted molar refractivity (Wildman–Crippen MR) is 74.3 cm³/mol. The minimum absolute atomic E-state index is 0.168. The zero-order valence-electron chi connectivity index (χ0n) is 10.6. The molecule has 0 spiro atoms. The molecule has 1 unspecified atom stereocenters. The Morgan fingerprint density at radius 2 is 2.33 bits per heavy atom. The van der Waals surface area contributed by atoms with Gasteiger partial charge in [0.25, 0.3) is 0 Å². The highest BCUT2D eigenvalue weighted by Crippen LogP contribution is 2.41. The van der Waals surface area contributed by atoms with E-state index >= 15 is 0 Å². The molecule has 2 aromatic rings. The fourth-order valence-corrected chi connectivity index (χ4v) is 3.57. The molecule has 1 atom stereocenters. The van der Waals surface area contributed by atoms with E-state index in [-0.39, 0.29) is 6.04 Å². The van der Waals surface area contributed by atoms with Crippen molar-refractivity contribution in [2.24, 2.45) is 5.73 Å². The number of aromatic nitrogens is 1. The first kappa shape index (κ1) is 11.7. The molecule has 0 radical (unpaired) electrons. The fraction of sp³-hybridized carbons (Fsp3) is 0.357. The lowest BCUT2D eigenvalue weighted by molar-refractivity contribution is 0.415. The van der Waals surface area contributed by atoms with Crippen molar-refractivity contribution in [2.45, 2.75) is 25.8 Å². The van der Waals surface area contributed by atoms with E-state index in [0.29, 0.717) is 0 Å². The van der Waals surface area contributed by atoms with E-state index in [2.05, 4.69) is 12.1 Å². The Labute approximate surface area is 111 Å². The molecule has 18 heavy (non-hydrogen) atoms. The topological polar surface area (TPSA) is 48.1 Å². The van der Waals surface area contributed by atoms with Crippen molar-refractivity contribution in [3.63, 3.8) is 0 Å². The molecule has 0 bridgehead atoms. The van der Waals surface area contributed by atoms with Crippen LogP contribution in [0.4, 0.5) is 0 Å². The summed E-state index contributed by atoms with van der Waals surface area (Å²) in [6, 6.07) is 6.39. The largest absolute Gasteiger partial charge is 0.497 e. The van der Waals surface area contributed by atoms with Gasteiger partial charge < -0.3 is 10.5 Å². The fourth-order valence-electron chi connectivity index (χ4n) is 2.32. The average molecular weight is 260 g/mol. The van der Waals surface area contributed by atoms with Crippen molar-refractivity contribution in [2.75, 3.05) is 7.11 Å². The van der Waals surface area contributed by atoms with E-state index in [1.165, 1.54) is 16.0 Å². The second-order valence-electron chi connectivity index (χ2n) is 4.76. The second kappa shape index (κ2) is 4.37. The van der Waals surface area contributed by atoms with E-state index in [9.17, 15) is 0 Å². The Morgan fingerprint density at radius 3 is 3.06 bits per heavy atom. The maximum atomic E-state index is 5.83. The minimum atomic E-state index is 0.168. The Bertz CT molecular complexity index is 589. The lowest BCUT2D eigenvalue weighted by Crippen LogP contribution is -2.17. The smallest absolute Gasteiger partial charge is 0.119 e. The van der Waals surface area contributed by atoms with Gasteiger partial charge in [-0.1, -0.05) is 6.07 Å². The summed E-state index contributed by atoms with van der Waals surface area (Å²) < 4.78 is 5.28. The van der Waals surface area contributed by atoms with E-state index in [4.69, 9.17) is 15.5 Å². The van der Waals surface area contributed by atoms with Gasteiger partial charge in [-0.3, -0.25) is 0 Å². The SMILES string of the molecule is COc1ccc2c(c1)-c1nc(CC(C)N)sc1C2. The molecule has 0 saturated carbocycles. The first-order valence-electron chi connectivity index (χ1n) is 6.09. The van der Waals surface area contributed by atoms with Gasteiger partial charge in [0.15, 0.2) is 0 Å². The van der Waals surface area contributed by atoms with Crippen LogP contribution in [0.25, 0.3) is 11.3 Å². The summed E-state index contributed by atoms with van der Waals surface area (Å²) in [5.74, 6) is 0.892. The first-order valence-corrected chi connectivity index (χ1v) is 6.90. The predicted octanol–water partition coefficient (Wildman–Crippen LogP) is 2.61. The van der Waals surface area contributed by atoms with Gasteiger partial charge in [-0.15, -0.1) is 11.3 Å².